The Labute approximate surface area is 190 Å². The average molecular weight is 445 g/mol. The molecule has 0 saturated carbocycles. The number of amides is 2. The van der Waals surface area contributed by atoms with Gasteiger partial charge < -0.3 is 20.5 Å². The molecular formula is C25H36N2O5. The van der Waals surface area contributed by atoms with Crippen molar-refractivity contribution in [1.82, 2.24) is 10.6 Å². The molecule has 0 aliphatic carbocycles. The molecule has 4 atom stereocenters. The molecule has 1 aromatic carbocycles. The van der Waals surface area contributed by atoms with Crippen molar-refractivity contribution in [2.24, 2.45) is 11.8 Å². The summed E-state index contributed by atoms with van der Waals surface area (Å²) in [7, 11) is 0. The number of aliphatic hydroxyl groups excluding tert-OH is 1. The van der Waals surface area contributed by atoms with E-state index in [2.05, 4.69) is 23.8 Å². The number of allylic oxidation sites excluding steroid dienone is 2. The second kappa shape index (κ2) is 15.0. The predicted octanol–water partition coefficient (Wildman–Crippen LogP) is 2.55. The maximum atomic E-state index is 12.6. The van der Waals surface area contributed by atoms with Crippen molar-refractivity contribution >= 4 is 17.8 Å². The van der Waals surface area contributed by atoms with Gasteiger partial charge in [-0.05, 0) is 38.7 Å². The quantitative estimate of drug-likeness (QED) is 0.285. The zero-order chi connectivity index (χ0) is 23.9. The van der Waals surface area contributed by atoms with Crippen molar-refractivity contribution < 1.29 is 24.2 Å². The fourth-order valence-corrected chi connectivity index (χ4v) is 3.18. The van der Waals surface area contributed by atoms with E-state index in [-0.39, 0.29) is 49.4 Å². The van der Waals surface area contributed by atoms with Crippen LogP contribution in [0.15, 0.2) is 55.6 Å². The Morgan fingerprint density at radius 1 is 1.00 bits per heavy atom. The van der Waals surface area contributed by atoms with Crippen molar-refractivity contribution in [3.8, 4) is 0 Å². The van der Waals surface area contributed by atoms with Crippen molar-refractivity contribution in [2.75, 3.05) is 13.2 Å². The van der Waals surface area contributed by atoms with Crippen LogP contribution in [0.3, 0.4) is 0 Å². The smallest absolute Gasteiger partial charge is 0.309 e. The molecule has 0 radical (unpaired) electrons. The van der Waals surface area contributed by atoms with Gasteiger partial charge in [0, 0.05) is 12.5 Å². The zero-order valence-electron chi connectivity index (χ0n) is 19.1. The van der Waals surface area contributed by atoms with Crippen molar-refractivity contribution in [3.63, 3.8) is 0 Å². The molecule has 0 spiro atoms. The van der Waals surface area contributed by atoms with Crippen LogP contribution in [0.4, 0.5) is 0 Å². The molecule has 0 heterocycles. The molecule has 1 rings (SSSR count). The molecule has 32 heavy (non-hydrogen) atoms. The van der Waals surface area contributed by atoms with E-state index in [0.29, 0.717) is 19.3 Å². The first-order valence-corrected chi connectivity index (χ1v) is 10.9. The third-order valence-corrected chi connectivity index (χ3v) is 4.91. The molecule has 0 unspecified atom stereocenters. The van der Waals surface area contributed by atoms with Gasteiger partial charge in [-0.15, -0.1) is 13.2 Å². The number of rotatable bonds is 15. The van der Waals surface area contributed by atoms with E-state index in [9.17, 15) is 14.4 Å². The minimum absolute atomic E-state index is 0.0206. The lowest BCUT2D eigenvalue weighted by atomic mass is 9.96. The fraction of sp³-hybridized carbons (Fsp3) is 0.480. The number of benzene rings is 1. The highest BCUT2D eigenvalue weighted by molar-refractivity contribution is 5.86. The van der Waals surface area contributed by atoms with Crippen LogP contribution in [0.2, 0.25) is 0 Å². The lowest BCUT2D eigenvalue weighted by molar-refractivity contribution is -0.149. The van der Waals surface area contributed by atoms with Crippen LogP contribution < -0.4 is 10.6 Å². The second-order valence-corrected chi connectivity index (χ2v) is 8.03. The Morgan fingerprint density at radius 2 is 1.62 bits per heavy atom. The van der Waals surface area contributed by atoms with E-state index in [4.69, 9.17) is 9.84 Å². The van der Waals surface area contributed by atoms with E-state index in [0.717, 1.165) is 5.56 Å². The maximum Gasteiger partial charge on any atom is 0.309 e. The Morgan fingerprint density at radius 3 is 2.22 bits per heavy atom. The van der Waals surface area contributed by atoms with Crippen LogP contribution in [-0.2, 0) is 25.5 Å². The molecule has 0 aromatic heterocycles. The number of carbonyl (C=O) groups is 3. The summed E-state index contributed by atoms with van der Waals surface area (Å²) < 4.78 is 5.45. The molecule has 0 fully saturated rings. The third-order valence-electron chi connectivity index (χ3n) is 4.91. The molecule has 0 saturated heterocycles. The van der Waals surface area contributed by atoms with Gasteiger partial charge in [-0.2, -0.15) is 0 Å². The van der Waals surface area contributed by atoms with Gasteiger partial charge in [0.2, 0.25) is 11.8 Å². The van der Waals surface area contributed by atoms with Gasteiger partial charge in [0.15, 0.2) is 0 Å². The highest BCUT2D eigenvalue weighted by Crippen LogP contribution is 2.15. The summed E-state index contributed by atoms with van der Waals surface area (Å²) in [6, 6.07) is 8.89. The molecule has 3 N–H and O–H groups in total. The summed E-state index contributed by atoms with van der Waals surface area (Å²) in [6.07, 6.45) is 4.64. The Kier molecular flexibility index (Phi) is 12.7. The Bertz CT molecular complexity index is 750. The first-order chi connectivity index (χ1) is 15.3. The monoisotopic (exact) mass is 444 g/mol. The largest absolute Gasteiger partial charge is 0.463 e. The van der Waals surface area contributed by atoms with Crippen molar-refractivity contribution in [3.05, 3.63) is 61.2 Å². The Hall–Kier alpha value is -2.93. The topological polar surface area (TPSA) is 105 Å². The van der Waals surface area contributed by atoms with Gasteiger partial charge in [-0.3, -0.25) is 14.4 Å². The standard InChI is InChI=1S/C25H36N2O5/c1-5-10-21(15-23(29)26-18(3)16-28)24(30)27-19(4)17-32-25(31)22(11-6-2)14-20-12-8-7-9-13-20/h5-9,12-13,18-19,21-22,28H,1-2,10-11,14-17H2,3-4H3,(H,26,29)(H,27,30)/t18-,19+,21+,22+/m1/s1. The van der Waals surface area contributed by atoms with E-state index in [1.165, 1.54) is 0 Å². The first-order valence-electron chi connectivity index (χ1n) is 10.9. The van der Waals surface area contributed by atoms with E-state index in [1.807, 2.05) is 30.3 Å². The number of carbonyl (C=O) groups excluding carboxylic acids is 3. The number of ether oxygens (including phenoxy) is 1. The lowest BCUT2D eigenvalue weighted by Gasteiger charge is -2.21. The second-order valence-electron chi connectivity index (χ2n) is 8.03. The summed E-state index contributed by atoms with van der Waals surface area (Å²) in [5.41, 5.74) is 1.04. The van der Waals surface area contributed by atoms with Gasteiger partial charge >= 0.3 is 5.97 Å². The normalized spacial score (nSPS) is 14.3. The molecular weight excluding hydrogens is 408 g/mol. The Balaban J connectivity index is 2.57. The fourth-order valence-electron chi connectivity index (χ4n) is 3.18. The van der Waals surface area contributed by atoms with Crippen molar-refractivity contribution in [1.29, 1.82) is 0 Å². The molecule has 0 bridgehead atoms. The van der Waals surface area contributed by atoms with Gasteiger partial charge in [-0.25, -0.2) is 0 Å². The number of esters is 1. The predicted molar refractivity (Wildman–Crippen MR) is 125 cm³/mol. The van der Waals surface area contributed by atoms with Gasteiger partial charge in [0.05, 0.1) is 24.5 Å². The van der Waals surface area contributed by atoms with E-state index >= 15 is 0 Å². The summed E-state index contributed by atoms with van der Waals surface area (Å²) in [4.78, 5) is 37.3. The number of hydrogen-bond donors (Lipinski definition) is 3. The van der Waals surface area contributed by atoms with Crippen molar-refractivity contribution in [2.45, 2.75) is 51.6 Å². The minimum Gasteiger partial charge on any atom is -0.463 e. The molecule has 1 aromatic rings. The van der Waals surface area contributed by atoms with Crippen LogP contribution in [0, 0.1) is 11.8 Å². The zero-order valence-corrected chi connectivity index (χ0v) is 19.1. The van der Waals surface area contributed by atoms with Crippen LogP contribution in [0.1, 0.15) is 38.7 Å². The van der Waals surface area contributed by atoms with Gasteiger partial charge in [0.25, 0.3) is 0 Å². The molecule has 2 amide bonds. The molecule has 7 heteroatoms. The maximum absolute atomic E-state index is 12.6. The average Bonchev–Trinajstić information content (AvgIpc) is 2.77. The molecule has 0 aliphatic rings. The highest BCUT2D eigenvalue weighted by atomic mass is 16.5. The van der Waals surface area contributed by atoms with E-state index < -0.39 is 12.0 Å². The number of aliphatic hydroxyl groups is 1. The van der Waals surface area contributed by atoms with Crippen LogP contribution in [0.5, 0.6) is 0 Å². The van der Waals surface area contributed by atoms with E-state index in [1.54, 1.807) is 26.0 Å². The van der Waals surface area contributed by atoms with Crippen LogP contribution >= 0.6 is 0 Å². The summed E-state index contributed by atoms with van der Waals surface area (Å²) >= 11 is 0. The van der Waals surface area contributed by atoms with Crippen LogP contribution in [0.25, 0.3) is 0 Å². The minimum atomic E-state index is -0.594. The van der Waals surface area contributed by atoms with Crippen LogP contribution in [-0.4, -0.2) is 48.2 Å². The van der Waals surface area contributed by atoms with Gasteiger partial charge in [0.1, 0.15) is 6.61 Å². The van der Waals surface area contributed by atoms with Gasteiger partial charge in [-0.1, -0.05) is 42.5 Å². The summed E-state index contributed by atoms with van der Waals surface area (Å²) in [6.45, 7) is 10.6. The summed E-state index contributed by atoms with van der Waals surface area (Å²) in [5, 5.41) is 14.5. The number of nitrogens with one attached hydrogen (secondary N) is 2. The highest BCUT2D eigenvalue weighted by Gasteiger charge is 2.24. The molecule has 176 valence electrons. The first kappa shape index (κ1) is 27.1. The summed E-state index contributed by atoms with van der Waals surface area (Å²) in [5.74, 6) is -1.91. The number of hydrogen-bond acceptors (Lipinski definition) is 5. The molecule has 7 nitrogen and oxygen atoms in total. The lowest BCUT2D eigenvalue weighted by Crippen LogP contribution is -2.43. The SMILES string of the molecule is C=CC[C@@H](CC(=O)N[C@H](C)CO)C(=O)N[C@@H](C)COC(=O)[C@@H](CC=C)Cc1ccccc1. The third kappa shape index (κ3) is 10.4. The molecule has 0 aliphatic heterocycles.